The molecule has 1 amide bonds. The molecule has 0 bridgehead atoms. The average molecular weight is 220 g/mol. The van der Waals surface area contributed by atoms with E-state index in [2.05, 4.69) is 5.32 Å². The molecule has 0 saturated carbocycles. The first kappa shape index (κ1) is 11.0. The average Bonchev–Trinajstić information content (AvgIpc) is 2.31. The number of nitrogen functional groups attached to an aromatic ring is 1. The van der Waals surface area contributed by atoms with Gasteiger partial charge in [-0.1, -0.05) is 12.1 Å². The van der Waals surface area contributed by atoms with Crippen LogP contribution < -0.4 is 11.1 Å². The summed E-state index contributed by atoms with van der Waals surface area (Å²) in [6.07, 6.45) is 1.97. The lowest BCUT2D eigenvalue weighted by atomic mass is 10.1. The molecule has 1 aromatic rings. The van der Waals surface area contributed by atoms with E-state index in [-0.39, 0.29) is 11.9 Å². The fourth-order valence-corrected chi connectivity index (χ4v) is 1.82. The number of amides is 1. The van der Waals surface area contributed by atoms with Crippen LogP contribution in [0.15, 0.2) is 24.3 Å². The first-order valence-electron chi connectivity index (χ1n) is 5.50. The van der Waals surface area contributed by atoms with Crippen molar-refractivity contribution in [1.82, 2.24) is 5.32 Å². The minimum Gasteiger partial charge on any atom is -0.398 e. The molecule has 0 spiro atoms. The van der Waals surface area contributed by atoms with E-state index in [0.29, 0.717) is 17.9 Å². The van der Waals surface area contributed by atoms with Gasteiger partial charge in [0, 0.05) is 12.3 Å². The number of anilines is 1. The van der Waals surface area contributed by atoms with Crippen molar-refractivity contribution in [2.24, 2.45) is 0 Å². The standard InChI is InChI=1S/C12H16N2O2/c13-11-6-2-1-5-10(11)12(15)14-9-4-3-7-16-8-9/h1-2,5-6,9H,3-4,7-8,13H2,(H,14,15). The van der Waals surface area contributed by atoms with Crippen molar-refractivity contribution in [3.05, 3.63) is 29.8 Å². The number of para-hydroxylation sites is 1. The maximum Gasteiger partial charge on any atom is 0.253 e. The highest BCUT2D eigenvalue weighted by molar-refractivity contribution is 5.99. The Bertz CT molecular complexity index is 373. The van der Waals surface area contributed by atoms with Gasteiger partial charge in [0.25, 0.3) is 5.91 Å². The minimum atomic E-state index is -0.117. The van der Waals surface area contributed by atoms with Crippen molar-refractivity contribution in [2.45, 2.75) is 18.9 Å². The van der Waals surface area contributed by atoms with Crippen LogP contribution in [0.5, 0.6) is 0 Å². The van der Waals surface area contributed by atoms with Crippen molar-refractivity contribution in [3.8, 4) is 0 Å². The summed E-state index contributed by atoms with van der Waals surface area (Å²) in [4.78, 5) is 11.9. The van der Waals surface area contributed by atoms with E-state index in [9.17, 15) is 4.79 Å². The SMILES string of the molecule is Nc1ccccc1C(=O)NC1CCCOC1. The van der Waals surface area contributed by atoms with Crippen LogP contribution in [0.4, 0.5) is 5.69 Å². The fourth-order valence-electron chi connectivity index (χ4n) is 1.82. The highest BCUT2D eigenvalue weighted by Gasteiger charge is 2.17. The van der Waals surface area contributed by atoms with Gasteiger partial charge in [-0.05, 0) is 25.0 Å². The van der Waals surface area contributed by atoms with Crippen molar-refractivity contribution < 1.29 is 9.53 Å². The molecule has 1 unspecified atom stereocenters. The molecule has 1 atom stereocenters. The smallest absolute Gasteiger partial charge is 0.253 e. The van der Waals surface area contributed by atoms with Crippen LogP contribution in [0.3, 0.4) is 0 Å². The molecule has 1 aromatic carbocycles. The number of benzene rings is 1. The molecule has 1 heterocycles. The van der Waals surface area contributed by atoms with Gasteiger partial charge in [-0.3, -0.25) is 4.79 Å². The molecule has 0 radical (unpaired) electrons. The molecule has 86 valence electrons. The van der Waals surface area contributed by atoms with Gasteiger partial charge in [0.05, 0.1) is 18.2 Å². The third kappa shape index (κ3) is 2.52. The largest absolute Gasteiger partial charge is 0.398 e. The molecule has 0 aliphatic carbocycles. The second kappa shape index (κ2) is 4.99. The number of nitrogens with one attached hydrogen (secondary N) is 1. The lowest BCUT2D eigenvalue weighted by molar-refractivity contribution is 0.0624. The van der Waals surface area contributed by atoms with Crippen LogP contribution in [0.25, 0.3) is 0 Å². The second-order valence-electron chi connectivity index (χ2n) is 3.97. The Morgan fingerprint density at radius 2 is 2.25 bits per heavy atom. The van der Waals surface area contributed by atoms with E-state index >= 15 is 0 Å². The summed E-state index contributed by atoms with van der Waals surface area (Å²) >= 11 is 0. The molecule has 4 heteroatoms. The fraction of sp³-hybridized carbons (Fsp3) is 0.417. The van der Waals surface area contributed by atoms with E-state index in [1.54, 1.807) is 12.1 Å². The summed E-state index contributed by atoms with van der Waals surface area (Å²) in [5.74, 6) is -0.117. The van der Waals surface area contributed by atoms with E-state index in [1.165, 1.54) is 0 Å². The van der Waals surface area contributed by atoms with Gasteiger partial charge < -0.3 is 15.8 Å². The van der Waals surface area contributed by atoms with Crippen LogP contribution in [-0.4, -0.2) is 25.2 Å². The number of nitrogens with two attached hydrogens (primary N) is 1. The number of rotatable bonds is 2. The van der Waals surface area contributed by atoms with Gasteiger partial charge in [-0.2, -0.15) is 0 Å². The number of ether oxygens (including phenoxy) is 1. The topological polar surface area (TPSA) is 64.4 Å². The molecule has 1 saturated heterocycles. The predicted molar refractivity (Wildman–Crippen MR) is 62.2 cm³/mol. The summed E-state index contributed by atoms with van der Waals surface area (Å²) in [6, 6.07) is 7.19. The Balaban J connectivity index is 2.00. The van der Waals surface area contributed by atoms with E-state index in [1.807, 2.05) is 12.1 Å². The zero-order valence-electron chi connectivity index (χ0n) is 9.11. The maximum atomic E-state index is 11.9. The zero-order valence-corrected chi connectivity index (χ0v) is 9.11. The quantitative estimate of drug-likeness (QED) is 0.735. The molecule has 3 N–H and O–H groups in total. The Morgan fingerprint density at radius 1 is 1.44 bits per heavy atom. The molecule has 0 aromatic heterocycles. The molecule has 1 aliphatic heterocycles. The Morgan fingerprint density at radius 3 is 2.94 bits per heavy atom. The predicted octanol–water partition coefficient (Wildman–Crippen LogP) is 1.18. The highest BCUT2D eigenvalue weighted by Crippen LogP contribution is 2.12. The maximum absolute atomic E-state index is 11.9. The van der Waals surface area contributed by atoms with Crippen LogP contribution in [0.2, 0.25) is 0 Å². The monoisotopic (exact) mass is 220 g/mol. The van der Waals surface area contributed by atoms with Crippen LogP contribution in [0, 0.1) is 0 Å². The zero-order chi connectivity index (χ0) is 11.4. The van der Waals surface area contributed by atoms with E-state index < -0.39 is 0 Å². The summed E-state index contributed by atoms with van der Waals surface area (Å²) in [7, 11) is 0. The van der Waals surface area contributed by atoms with Crippen LogP contribution >= 0.6 is 0 Å². The molecular formula is C12H16N2O2. The number of hydrogen-bond acceptors (Lipinski definition) is 3. The van der Waals surface area contributed by atoms with Crippen molar-refractivity contribution in [1.29, 1.82) is 0 Å². The first-order valence-corrected chi connectivity index (χ1v) is 5.50. The van der Waals surface area contributed by atoms with Crippen molar-refractivity contribution in [3.63, 3.8) is 0 Å². The Labute approximate surface area is 94.8 Å². The third-order valence-electron chi connectivity index (χ3n) is 2.70. The van der Waals surface area contributed by atoms with Crippen LogP contribution in [-0.2, 0) is 4.74 Å². The molecular weight excluding hydrogens is 204 g/mol. The molecule has 1 aliphatic rings. The summed E-state index contributed by atoms with van der Waals surface area (Å²) in [6.45, 7) is 1.39. The minimum absolute atomic E-state index is 0.112. The lowest BCUT2D eigenvalue weighted by Crippen LogP contribution is -2.40. The van der Waals surface area contributed by atoms with E-state index in [4.69, 9.17) is 10.5 Å². The van der Waals surface area contributed by atoms with Gasteiger partial charge >= 0.3 is 0 Å². The van der Waals surface area contributed by atoms with Crippen LogP contribution in [0.1, 0.15) is 23.2 Å². The number of carbonyl (C=O) groups is 1. The Kier molecular flexibility index (Phi) is 3.41. The second-order valence-corrected chi connectivity index (χ2v) is 3.97. The highest BCUT2D eigenvalue weighted by atomic mass is 16.5. The van der Waals surface area contributed by atoms with Gasteiger partial charge in [0.1, 0.15) is 0 Å². The normalized spacial score (nSPS) is 20.4. The summed E-state index contributed by atoms with van der Waals surface area (Å²) in [5, 5.41) is 2.93. The van der Waals surface area contributed by atoms with Gasteiger partial charge in [0.15, 0.2) is 0 Å². The van der Waals surface area contributed by atoms with Gasteiger partial charge in [-0.15, -0.1) is 0 Å². The number of carbonyl (C=O) groups excluding carboxylic acids is 1. The lowest BCUT2D eigenvalue weighted by Gasteiger charge is -2.23. The molecule has 4 nitrogen and oxygen atoms in total. The Hall–Kier alpha value is -1.55. The molecule has 1 fully saturated rings. The van der Waals surface area contributed by atoms with Gasteiger partial charge in [-0.25, -0.2) is 0 Å². The summed E-state index contributed by atoms with van der Waals surface area (Å²) < 4.78 is 5.30. The molecule has 2 rings (SSSR count). The number of hydrogen-bond donors (Lipinski definition) is 2. The molecule has 16 heavy (non-hydrogen) atoms. The summed E-state index contributed by atoms with van der Waals surface area (Å²) in [5.41, 5.74) is 6.78. The van der Waals surface area contributed by atoms with Gasteiger partial charge in [0.2, 0.25) is 0 Å². The first-order chi connectivity index (χ1) is 7.77. The van der Waals surface area contributed by atoms with E-state index in [0.717, 1.165) is 19.4 Å². The third-order valence-corrected chi connectivity index (χ3v) is 2.70. The van der Waals surface area contributed by atoms with Crippen molar-refractivity contribution in [2.75, 3.05) is 18.9 Å². The van der Waals surface area contributed by atoms with Crippen molar-refractivity contribution >= 4 is 11.6 Å².